The molecule has 3 aliphatic heterocycles. The van der Waals surface area contributed by atoms with Crippen LogP contribution in [0.25, 0.3) is 0 Å². The van der Waals surface area contributed by atoms with E-state index in [1.54, 1.807) is 4.90 Å². The maximum atomic E-state index is 12.8. The molecular weight excluding hydrogens is 425 g/mol. The lowest BCUT2D eigenvalue weighted by atomic mass is 9.78. The minimum Gasteiger partial charge on any atom is -0.489 e. The number of hydrogen-bond donors (Lipinski definition) is 1. The minimum atomic E-state index is -2.32. The van der Waals surface area contributed by atoms with Gasteiger partial charge in [-0.2, -0.15) is 0 Å². The Hall–Kier alpha value is -1.55. The monoisotopic (exact) mass is 461 g/mol. The lowest BCUT2D eigenvalue weighted by Gasteiger charge is -2.36. The van der Waals surface area contributed by atoms with Gasteiger partial charge in [0.2, 0.25) is 0 Å². The van der Waals surface area contributed by atoms with Gasteiger partial charge in [0, 0.05) is 0 Å². The molecule has 7 nitrogen and oxygen atoms in total. The van der Waals surface area contributed by atoms with E-state index < -0.39 is 26.6 Å². The van der Waals surface area contributed by atoms with E-state index in [1.807, 2.05) is 59.0 Å². The van der Waals surface area contributed by atoms with Crippen LogP contribution in [0, 0.1) is 0 Å². The molecule has 0 saturated carbocycles. The molecule has 0 unspecified atom stereocenters. The number of cyclic esters (lactones) is 1. The summed E-state index contributed by atoms with van der Waals surface area (Å²) in [5, 5.41) is -0.169. The average molecular weight is 461 g/mol. The zero-order chi connectivity index (χ0) is 23.7. The van der Waals surface area contributed by atoms with Gasteiger partial charge in [-0.25, -0.2) is 4.79 Å². The van der Waals surface area contributed by atoms with Gasteiger partial charge in [-0.1, -0.05) is 19.9 Å². The molecule has 1 amide bonds. The van der Waals surface area contributed by atoms with Gasteiger partial charge in [0.05, 0.1) is 16.9 Å². The fourth-order valence-corrected chi connectivity index (χ4v) is 4.99. The molecule has 2 saturated heterocycles. The van der Waals surface area contributed by atoms with Crippen LogP contribution < -0.4 is 15.1 Å². The van der Waals surface area contributed by atoms with Crippen LogP contribution >= 0.6 is 0 Å². The van der Waals surface area contributed by atoms with Crippen LogP contribution in [-0.2, 0) is 14.0 Å². The molecule has 2 atom stereocenters. The number of ether oxygens (including phenoxy) is 2. The van der Waals surface area contributed by atoms with Crippen molar-refractivity contribution in [3.8, 4) is 5.75 Å². The molecule has 1 aromatic rings. The van der Waals surface area contributed by atoms with Gasteiger partial charge < -0.3 is 23.6 Å². The number of carbonyl (C=O) groups is 1. The van der Waals surface area contributed by atoms with E-state index in [0.29, 0.717) is 24.5 Å². The molecule has 0 bridgehead atoms. The molecule has 0 aromatic heterocycles. The summed E-state index contributed by atoms with van der Waals surface area (Å²) in [6, 6.07) is 5.55. The Morgan fingerprint density at radius 3 is 2.41 bits per heavy atom. The van der Waals surface area contributed by atoms with E-state index in [9.17, 15) is 9.59 Å². The predicted octanol–water partition coefficient (Wildman–Crippen LogP) is 3.83. The minimum absolute atomic E-state index is 0.169. The molecule has 1 N–H and O–H groups in total. The topological polar surface area (TPSA) is 77.5 Å². The number of rotatable bonds is 5. The standard InChI is InChI=1S/C23H36BNO6Si/c1-21(2,32(7,8)27)12-11-18-17-14-28-19-13-15(9-10-16(19)25(17)20(26)29-18)24-30-22(3,4)23(5,6)31-24/h9-10,13,17-18,27H,11-12,14H2,1-8H3/t17-,18-/m0/s1. The first-order valence-corrected chi connectivity index (χ1v) is 14.4. The van der Waals surface area contributed by atoms with Gasteiger partial charge in [-0.3, -0.25) is 4.90 Å². The van der Waals surface area contributed by atoms with E-state index in [0.717, 1.165) is 11.9 Å². The molecule has 1 aromatic carbocycles. The van der Waals surface area contributed by atoms with Crippen LogP contribution in [-0.4, -0.2) is 56.3 Å². The molecule has 0 spiro atoms. The molecular formula is C23H36BNO6Si. The fraction of sp³-hybridized carbons (Fsp3) is 0.696. The molecule has 9 heteroatoms. The Morgan fingerprint density at radius 2 is 1.81 bits per heavy atom. The van der Waals surface area contributed by atoms with Crippen molar-refractivity contribution in [1.29, 1.82) is 0 Å². The molecule has 176 valence electrons. The number of fused-ring (bicyclic) bond motifs is 3. The highest BCUT2D eigenvalue weighted by Gasteiger charge is 2.52. The zero-order valence-electron chi connectivity index (χ0n) is 20.5. The van der Waals surface area contributed by atoms with Crippen LogP contribution in [0.5, 0.6) is 5.75 Å². The van der Waals surface area contributed by atoms with Gasteiger partial charge >= 0.3 is 13.2 Å². The molecule has 2 fully saturated rings. The summed E-state index contributed by atoms with van der Waals surface area (Å²) in [6.07, 6.45) is 0.889. The second-order valence-electron chi connectivity index (χ2n) is 11.5. The van der Waals surface area contributed by atoms with Crippen LogP contribution in [0.4, 0.5) is 10.5 Å². The lowest BCUT2D eigenvalue weighted by molar-refractivity contribution is 0.00578. The smallest absolute Gasteiger partial charge is 0.489 e. The van der Waals surface area contributed by atoms with E-state index in [-0.39, 0.29) is 23.3 Å². The second-order valence-corrected chi connectivity index (χ2v) is 15.9. The van der Waals surface area contributed by atoms with Crippen LogP contribution in [0.15, 0.2) is 18.2 Å². The molecule has 32 heavy (non-hydrogen) atoms. The number of carbonyl (C=O) groups excluding carboxylic acids is 1. The Morgan fingerprint density at radius 1 is 1.19 bits per heavy atom. The van der Waals surface area contributed by atoms with E-state index in [2.05, 4.69) is 13.8 Å². The van der Waals surface area contributed by atoms with Crippen LogP contribution in [0.1, 0.15) is 54.4 Å². The first-order valence-electron chi connectivity index (χ1n) is 11.5. The largest absolute Gasteiger partial charge is 0.494 e. The third-order valence-electron chi connectivity index (χ3n) is 8.10. The SMILES string of the molecule is CC1(C)OB(c2ccc3c(c2)OC[C@H]2[C@H](CCC(C)(C)[Si](C)(C)O)OC(=O)N32)OC1(C)C. The number of benzene rings is 1. The number of amides is 1. The van der Waals surface area contributed by atoms with Gasteiger partial charge in [0.1, 0.15) is 24.5 Å². The van der Waals surface area contributed by atoms with Gasteiger partial charge in [0.15, 0.2) is 8.32 Å². The number of anilines is 1. The summed E-state index contributed by atoms with van der Waals surface area (Å²) in [5.74, 6) is 0.635. The second kappa shape index (κ2) is 7.48. The third-order valence-corrected chi connectivity index (χ3v) is 11.7. The lowest BCUT2D eigenvalue weighted by Crippen LogP contribution is -2.46. The van der Waals surface area contributed by atoms with Crippen molar-refractivity contribution >= 4 is 32.7 Å². The fourth-order valence-electron chi connectivity index (χ4n) is 4.23. The van der Waals surface area contributed by atoms with Crippen LogP contribution in [0.2, 0.25) is 18.1 Å². The molecule has 3 heterocycles. The Balaban J connectivity index is 1.51. The van der Waals surface area contributed by atoms with Gasteiger partial charge in [-0.15, -0.1) is 0 Å². The summed E-state index contributed by atoms with van der Waals surface area (Å²) < 4.78 is 24.2. The van der Waals surface area contributed by atoms with E-state index in [4.69, 9.17) is 18.8 Å². The van der Waals surface area contributed by atoms with Gasteiger partial charge in [-0.05, 0) is 76.3 Å². The van der Waals surface area contributed by atoms with Crippen molar-refractivity contribution in [2.75, 3.05) is 11.5 Å². The average Bonchev–Trinajstić information content (AvgIpc) is 3.11. The zero-order valence-corrected chi connectivity index (χ0v) is 21.5. The van der Waals surface area contributed by atoms with Crippen molar-refractivity contribution < 1.29 is 28.4 Å². The number of hydrogen-bond acceptors (Lipinski definition) is 6. The summed E-state index contributed by atoms with van der Waals surface area (Å²) in [4.78, 5) is 25.1. The summed E-state index contributed by atoms with van der Waals surface area (Å²) in [6.45, 7) is 16.6. The molecule has 0 aliphatic carbocycles. The molecule has 4 rings (SSSR count). The molecule has 0 radical (unpaired) electrons. The Bertz CT molecular complexity index is 896. The van der Waals surface area contributed by atoms with Crippen molar-refractivity contribution in [1.82, 2.24) is 0 Å². The van der Waals surface area contributed by atoms with E-state index >= 15 is 0 Å². The van der Waals surface area contributed by atoms with E-state index in [1.165, 1.54) is 0 Å². The normalized spacial score (nSPS) is 26.5. The highest BCUT2D eigenvalue weighted by molar-refractivity contribution is 6.72. The summed E-state index contributed by atoms with van der Waals surface area (Å²) >= 11 is 0. The summed E-state index contributed by atoms with van der Waals surface area (Å²) in [5.41, 5.74) is 0.725. The number of nitrogens with zero attached hydrogens (tertiary/aromatic N) is 1. The van der Waals surface area contributed by atoms with Crippen LogP contribution in [0.3, 0.4) is 0 Å². The first kappa shape index (κ1) is 23.6. The highest BCUT2D eigenvalue weighted by Crippen LogP contribution is 2.44. The quantitative estimate of drug-likeness (QED) is 0.672. The maximum absolute atomic E-state index is 12.8. The third kappa shape index (κ3) is 3.87. The van der Waals surface area contributed by atoms with Crippen molar-refractivity contribution in [3.63, 3.8) is 0 Å². The Labute approximate surface area is 192 Å². The molecule has 3 aliphatic rings. The first-order chi connectivity index (χ1) is 14.6. The Kier molecular flexibility index (Phi) is 5.52. The summed E-state index contributed by atoms with van der Waals surface area (Å²) in [7, 11) is -2.81. The maximum Gasteiger partial charge on any atom is 0.494 e. The van der Waals surface area contributed by atoms with Gasteiger partial charge in [0.25, 0.3) is 0 Å². The van der Waals surface area contributed by atoms with Crippen molar-refractivity contribution in [2.45, 2.75) is 95.9 Å². The highest BCUT2D eigenvalue weighted by atomic mass is 28.4. The van der Waals surface area contributed by atoms with Crippen molar-refractivity contribution in [2.24, 2.45) is 0 Å². The van der Waals surface area contributed by atoms with Crippen molar-refractivity contribution in [3.05, 3.63) is 18.2 Å². The predicted molar refractivity (Wildman–Crippen MR) is 127 cm³/mol.